The minimum atomic E-state index is -4.94. The highest BCUT2D eigenvalue weighted by Crippen LogP contribution is 2.45. The molecule has 0 amide bonds. The summed E-state index contributed by atoms with van der Waals surface area (Å²) in [6.07, 6.45) is 36.8. The van der Waals surface area contributed by atoms with Crippen LogP contribution in [0.25, 0.3) is 0 Å². The molecule has 0 radical (unpaired) electrons. The first kappa shape index (κ1) is 77.1. The number of hydrogen-bond donors (Lipinski definition) is 3. The van der Waals surface area contributed by atoms with Gasteiger partial charge < -0.3 is 33.8 Å². The van der Waals surface area contributed by atoms with E-state index >= 15 is 0 Å². The molecule has 17 nitrogen and oxygen atoms in total. The molecule has 5 atom stereocenters. The van der Waals surface area contributed by atoms with Gasteiger partial charge in [-0.15, -0.1) is 0 Å². The van der Waals surface area contributed by atoms with Crippen molar-refractivity contribution in [3.63, 3.8) is 0 Å². The average molecular weight is 1170 g/mol. The van der Waals surface area contributed by atoms with Gasteiger partial charge in [0, 0.05) is 25.7 Å². The maximum atomic E-state index is 12.9. The van der Waals surface area contributed by atoms with Gasteiger partial charge in [0.05, 0.1) is 26.4 Å². The minimum absolute atomic E-state index is 0.104. The normalized spacial score (nSPS) is 14.3. The summed E-state index contributed by atoms with van der Waals surface area (Å²) in [7, 11) is -9.86. The number of carbonyl (C=O) groups is 4. The molecule has 0 saturated heterocycles. The number of unbranched alkanes of at least 4 members (excludes halogenated alkanes) is 32. The lowest BCUT2D eigenvalue weighted by atomic mass is 10.0. The first-order chi connectivity index (χ1) is 38.0. The number of carbonyl (C=O) groups excluding carboxylic acids is 4. The van der Waals surface area contributed by atoms with Gasteiger partial charge in [-0.2, -0.15) is 0 Å². The molecule has 0 aliphatic heterocycles. The fourth-order valence-corrected chi connectivity index (χ4v) is 10.5. The lowest BCUT2D eigenvalue weighted by Crippen LogP contribution is -2.30. The second kappa shape index (κ2) is 54.0. The summed E-state index contributed by atoms with van der Waals surface area (Å²) < 4.78 is 67.5. The Morgan fingerprint density at radius 1 is 0.342 bits per heavy atom. The predicted octanol–water partition coefficient (Wildman–Crippen LogP) is 16.2. The molecule has 0 spiro atoms. The summed E-state index contributed by atoms with van der Waals surface area (Å²) in [6.45, 7) is 6.97. The summed E-state index contributed by atoms with van der Waals surface area (Å²) in [4.78, 5) is 71.6. The zero-order chi connectivity index (χ0) is 58.5. The van der Waals surface area contributed by atoms with Gasteiger partial charge in [-0.05, 0) is 31.6 Å². The van der Waals surface area contributed by atoms with Gasteiger partial charge in [-0.25, -0.2) is 9.13 Å². The number of esters is 4. The highest BCUT2D eigenvalue weighted by molar-refractivity contribution is 7.47. The molecule has 3 N–H and O–H groups in total. The Balaban J connectivity index is 5.12. The molecule has 19 heteroatoms. The van der Waals surface area contributed by atoms with E-state index in [1.54, 1.807) is 0 Å². The lowest BCUT2D eigenvalue weighted by molar-refractivity contribution is -0.161. The van der Waals surface area contributed by atoms with Gasteiger partial charge in [0.2, 0.25) is 0 Å². The van der Waals surface area contributed by atoms with Crippen molar-refractivity contribution in [2.24, 2.45) is 5.92 Å². The van der Waals surface area contributed by atoms with Crippen molar-refractivity contribution in [3.05, 3.63) is 0 Å². The van der Waals surface area contributed by atoms with Crippen LogP contribution in [0, 0.1) is 5.92 Å². The van der Waals surface area contributed by atoms with Crippen LogP contribution >= 0.6 is 15.6 Å². The number of phosphoric ester groups is 2. The van der Waals surface area contributed by atoms with E-state index < -0.39 is 97.5 Å². The second-order valence-corrected chi connectivity index (χ2v) is 25.1. The van der Waals surface area contributed by atoms with E-state index in [4.69, 9.17) is 37.0 Å². The SMILES string of the molecule is CCCCCCCCCCCCCCCCCCCC(=O)O[C@H](COC(=O)CCCCCCCCC(C)C)COP(=O)(O)OC[C@@H](O)COP(=O)(O)OC[C@@H](COC(=O)CCCCCCC)OC(=O)CCCCCCCCCC. The average Bonchev–Trinajstić information content (AvgIpc) is 3.41. The van der Waals surface area contributed by atoms with Gasteiger partial charge >= 0.3 is 39.5 Å². The molecular weight excluding hydrogens is 1050 g/mol. The number of aliphatic hydroxyl groups is 1. The number of rotatable bonds is 60. The molecule has 0 aromatic carbocycles. The van der Waals surface area contributed by atoms with Crippen LogP contribution in [0.5, 0.6) is 0 Å². The Morgan fingerprint density at radius 2 is 0.582 bits per heavy atom. The van der Waals surface area contributed by atoms with Crippen molar-refractivity contribution in [2.75, 3.05) is 39.6 Å². The molecule has 2 unspecified atom stereocenters. The monoisotopic (exact) mass is 1170 g/mol. The molecular formula is C60H116O17P2. The standard InChI is InChI=1S/C60H116O17P2/c1-6-9-12-15-17-19-20-21-22-23-24-25-26-27-29-36-41-46-60(65)77-56(50-71-58(63)44-39-34-31-30-33-37-42-53(4)5)52-75-79(68,69)73-48-54(61)47-72-78(66,67)74-51-55(49-70-57(62)43-38-32-14-11-8-3)76-59(64)45-40-35-28-18-16-13-10-7-2/h53-56,61H,6-52H2,1-5H3,(H,66,67)(H,68,69)/t54-,55+,56+/m0/s1. The maximum absolute atomic E-state index is 12.9. The highest BCUT2D eigenvalue weighted by Gasteiger charge is 2.30. The van der Waals surface area contributed by atoms with Crippen LogP contribution < -0.4 is 0 Å². The Labute approximate surface area is 479 Å². The van der Waals surface area contributed by atoms with Crippen LogP contribution in [-0.4, -0.2) is 96.7 Å². The maximum Gasteiger partial charge on any atom is 0.472 e. The Hall–Kier alpha value is -1.94. The Bertz CT molecular complexity index is 1550. The third-order valence-corrected chi connectivity index (χ3v) is 15.7. The predicted molar refractivity (Wildman–Crippen MR) is 312 cm³/mol. The number of aliphatic hydroxyl groups excluding tert-OH is 1. The van der Waals surface area contributed by atoms with E-state index in [-0.39, 0.29) is 25.7 Å². The number of hydrogen-bond acceptors (Lipinski definition) is 15. The van der Waals surface area contributed by atoms with E-state index in [9.17, 15) is 43.2 Å². The Morgan fingerprint density at radius 3 is 0.861 bits per heavy atom. The summed E-state index contributed by atoms with van der Waals surface area (Å²) in [5, 5.41) is 10.5. The van der Waals surface area contributed by atoms with Crippen LogP contribution in [0.2, 0.25) is 0 Å². The van der Waals surface area contributed by atoms with Crippen molar-refractivity contribution >= 4 is 39.5 Å². The molecule has 0 heterocycles. The van der Waals surface area contributed by atoms with E-state index in [2.05, 4.69) is 34.6 Å². The zero-order valence-corrected chi connectivity index (χ0v) is 52.3. The summed E-state index contributed by atoms with van der Waals surface area (Å²) in [5.41, 5.74) is 0. The van der Waals surface area contributed by atoms with Crippen molar-refractivity contribution in [3.8, 4) is 0 Å². The molecule has 0 bridgehead atoms. The van der Waals surface area contributed by atoms with Crippen LogP contribution in [0.4, 0.5) is 0 Å². The molecule has 0 aromatic heterocycles. The second-order valence-electron chi connectivity index (χ2n) is 22.2. The summed E-state index contributed by atoms with van der Waals surface area (Å²) in [6, 6.07) is 0. The van der Waals surface area contributed by atoms with Crippen LogP contribution in [0.1, 0.15) is 298 Å². The van der Waals surface area contributed by atoms with Gasteiger partial charge in [0.1, 0.15) is 19.3 Å². The first-order valence-electron chi connectivity index (χ1n) is 31.6. The smallest absolute Gasteiger partial charge is 0.462 e. The topological polar surface area (TPSA) is 237 Å². The molecule has 0 fully saturated rings. The minimum Gasteiger partial charge on any atom is -0.462 e. The van der Waals surface area contributed by atoms with Crippen molar-refractivity contribution in [1.29, 1.82) is 0 Å². The quantitative estimate of drug-likeness (QED) is 0.0222. The van der Waals surface area contributed by atoms with Gasteiger partial charge in [-0.3, -0.25) is 37.3 Å². The molecule has 0 saturated carbocycles. The van der Waals surface area contributed by atoms with Crippen LogP contribution in [0.15, 0.2) is 0 Å². The third kappa shape index (κ3) is 55.0. The summed E-state index contributed by atoms with van der Waals surface area (Å²) in [5.74, 6) is -1.47. The molecule has 0 aliphatic carbocycles. The van der Waals surface area contributed by atoms with Crippen molar-refractivity contribution in [1.82, 2.24) is 0 Å². The fourth-order valence-electron chi connectivity index (χ4n) is 8.88. The molecule has 79 heavy (non-hydrogen) atoms. The van der Waals surface area contributed by atoms with Gasteiger partial charge in [-0.1, -0.05) is 247 Å². The number of phosphoric acid groups is 2. The molecule has 468 valence electrons. The number of ether oxygens (including phenoxy) is 4. The van der Waals surface area contributed by atoms with Gasteiger partial charge in [0.25, 0.3) is 0 Å². The molecule has 0 aliphatic rings. The molecule has 0 aromatic rings. The first-order valence-corrected chi connectivity index (χ1v) is 34.6. The molecule has 0 rings (SSSR count). The van der Waals surface area contributed by atoms with Crippen LogP contribution in [0.3, 0.4) is 0 Å². The highest BCUT2D eigenvalue weighted by atomic mass is 31.2. The van der Waals surface area contributed by atoms with E-state index in [1.807, 2.05) is 0 Å². The fraction of sp³-hybridized carbons (Fsp3) is 0.933. The van der Waals surface area contributed by atoms with Crippen molar-refractivity contribution < 1.29 is 80.2 Å². The Kier molecular flexibility index (Phi) is 52.7. The van der Waals surface area contributed by atoms with Crippen molar-refractivity contribution in [2.45, 2.75) is 316 Å². The largest absolute Gasteiger partial charge is 0.472 e. The van der Waals surface area contributed by atoms with E-state index in [0.29, 0.717) is 31.6 Å². The van der Waals surface area contributed by atoms with Crippen LogP contribution in [-0.2, 0) is 65.4 Å². The summed E-state index contributed by atoms with van der Waals surface area (Å²) >= 11 is 0. The lowest BCUT2D eigenvalue weighted by Gasteiger charge is -2.21. The zero-order valence-electron chi connectivity index (χ0n) is 50.5. The van der Waals surface area contributed by atoms with E-state index in [0.717, 1.165) is 109 Å². The third-order valence-electron chi connectivity index (χ3n) is 13.8. The van der Waals surface area contributed by atoms with E-state index in [1.165, 1.54) is 103 Å². The van der Waals surface area contributed by atoms with Gasteiger partial charge in [0.15, 0.2) is 12.2 Å².